The number of amides is 1. The molecule has 1 amide bonds. The number of carbonyl (C=O) groups is 2. The minimum atomic E-state index is -2.53. The summed E-state index contributed by atoms with van der Waals surface area (Å²) in [6.45, 7) is -0.593. The Morgan fingerprint density at radius 2 is 2.15 bits per heavy atom. The van der Waals surface area contributed by atoms with Crippen molar-refractivity contribution in [3.05, 3.63) is 35.6 Å². The van der Waals surface area contributed by atoms with Gasteiger partial charge in [-0.05, 0) is 24.9 Å². The summed E-state index contributed by atoms with van der Waals surface area (Å²) in [4.78, 5) is 23.8. The van der Waals surface area contributed by atoms with Gasteiger partial charge in [0.15, 0.2) is 12.1 Å². The van der Waals surface area contributed by atoms with Crippen molar-refractivity contribution in [2.24, 2.45) is 0 Å². The second-order valence-corrected chi connectivity index (χ2v) is 5.19. The SMILES string of the molecule is Cc1ccc(NC(=O)[B-]23OC(=O)C[C+]2CC(O)O3)cc1. The summed E-state index contributed by atoms with van der Waals surface area (Å²) in [6.07, 6.45) is -0.910. The zero-order valence-electron chi connectivity index (χ0n) is 11.0. The molecule has 104 valence electrons. The molecular weight excluding hydrogens is 261 g/mol. The van der Waals surface area contributed by atoms with Crippen molar-refractivity contribution < 1.29 is 24.0 Å². The molecule has 0 aromatic heterocycles. The topological polar surface area (TPSA) is 84.9 Å². The third kappa shape index (κ3) is 2.05. The molecule has 2 N–H and O–H groups in total. The van der Waals surface area contributed by atoms with Crippen molar-refractivity contribution in [2.75, 3.05) is 5.32 Å². The number of rotatable bonds is 2. The fourth-order valence-electron chi connectivity index (χ4n) is 2.65. The van der Waals surface area contributed by atoms with Crippen LogP contribution < -0.4 is 5.32 Å². The number of anilines is 1. The highest BCUT2D eigenvalue weighted by Gasteiger charge is 2.68. The average molecular weight is 275 g/mol. The molecule has 0 radical (unpaired) electrons. The molecule has 20 heavy (non-hydrogen) atoms. The van der Waals surface area contributed by atoms with Crippen molar-refractivity contribution in [2.45, 2.75) is 26.1 Å². The molecule has 0 saturated carbocycles. The molecule has 1 aromatic carbocycles. The standard InChI is InChI=1S/C13H14BNO5/c1-8-2-4-10(5-3-8)15-13(18)14-9(6-11(16)19-14)7-12(17)20-14/h2-5,11,16H,6-7H2,1H3,(H,15,18). The number of nitrogens with one attached hydrogen (secondary N) is 1. The lowest BCUT2D eigenvalue weighted by Crippen LogP contribution is -2.52. The van der Waals surface area contributed by atoms with E-state index >= 15 is 0 Å². The van der Waals surface area contributed by atoms with E-state index in [2.05, 4.69) is 5.32 Å². The van der Waals surface area contributed by atoms with Gasteiger partial charge in [0.1, 0.15) is 6.42 Å². The molecule has 2 aliphatic heterocycles. The summed E-state index contributed by atoms with van der Waals surface area (Å²) >= 11 is 0. The van der Waals surface area contributed by atoms with Crippen LogP contribution in [0.5, 0.6) is 0 Å². The van der Waals surface area contributed by atoms with E-state index < -0.39 is 24.6 Å². The minimum Gasteiger partial charge on any atom is -0.617 e. The lowest BCUT2D eigenvalue weighted by Gasteiger charge is -2.24. The smallest absolute Gasteiger partial charge is 0.590 e. The molecule has 6 nitrogen and oxygen atoms in total. The highest BCUT2D eigenvalue weighted by Crippen LogP contribution is 2.42. The first-order valence-corrected chi connectivity index (χ1v) is 6.45. The van der Waals surface area contributed by atoms with Gasteiger partial charge in [-0.3, -0.25) is 4.79 Å². The molecule has 2 aliphatic rings. The summed E-state index contributed by atoms with van der Waals surface area (Å²) in [6, 6.07) is 7.22. The third-order valence-corrected chi connectivity index (χ3v) is 3.66. The third-order valence-electron chi connectivity index (χ3n) is 3.66. The normalized spacial score (nSPS) is 28.2. The number of carbonyl (C=O) groups excluding carboxylic acids is 2. The van der Waals surface area contributed by atoms with Crippen LogP contribution in [0.25, 0.3) is 0 Å². The van der Waals surface area contributed by atoms with E-state index in [1.165, 1.54) is 0 Å². The Morgan fingerprint density at radius 3 is 2.85 bits per heavy atom. The van der Waals surface area contributed by atoms with Crippen LogP contribution in [-0.4, -0.2) is 29.7 Å². The highest BCUT2D eigenvalue weighted by atomic mass is 16.7. The van der Waals surface area contributed by atoms with Gasteiger partial charge < -0.3 is 24.5 Å². The van der Waals surface area contributed by atoms with Gasteiger partial charge in [-0.1, -0.05) is 17.7 Å². The molecule has 0 bridgehead atoms. The van der Waals surface area contributed by atoms with Crippen LogP contribution >= 0.6 is 0 Å². The molecule has 3 rings (SSSR count). The van der Waals surface area contributed by atoms with Crippen molar-refractivity contribution in [3.63, 3.8) is 0 Å². The first-order chi connectivity index (χ1) is 9.49. The second-order valence-electron chi connectivity index (χ2n) is 5.19. The molecule has 7 heteroatoms. The first-order valence-electron chi connectivity index (χ1n) is 6.45. The van der Waals surface area contributed by atoms with Gasteiger partial charge >= 0.3 is 12.5 Å². The minimum absolute atomic E-state index is 0.0262. The fraction of sp³-hybridized carbons (Fsp3) is 0.308. The van der Waals surface area contributed by atoms with Gasteiger partial charge in [-0.15, -0.1) is 0 Å². The van der Waals surface area contributed by atoms with E-state index in [4.69, 9.17) is 9.31 Å². The summed E-state index contributed by atoms with van der Waals surface area (Å²) < 4.78 is 10.3. The molecule has 0 aliphatic carbocycles. The molecule has 2 fully saturated rings. The number of aliphatic hydroxyl groups excluding tert-OH is 1. The highest BCUT2D eigenvalue weighted by molar-refractivity contribution is 7.04. The Kier molecular flexibility index (Phi) is 2.95. The van der Waals surface area contributed by atoms with Crippen molar-refractivity contribution in [3.8, 4) is 0 Å². The van der Waals surface area contributed by atoms with Crippen molar-refractivity contribution in [1.29, 1.82) is 0 Å². The number of aliphatic hydroxyl groups is 1. The fourth-order valence-corrected chi connectivity index (χ4v) is 2.65. The summed E-state index contributed by atoms with van der Waals surface area (Å²) in [7, 11) is 0. The lowest BCUT2D eigenvalue weighted by molar-refractivity contribution is -0.135. The molecule has 1 aromatic rings. The van der Waals surface area contributed by atoms with Crippen LogP contribution in [0.4, 0.5) is 10.5 Å². The monoisotopic (exact) mass is 275 g/mol. The van der Waals surface area contributed by atoms with Gasteiger partial charge in [0.25, 0.3) is 0 Å². The second kappa shape index (κ2) is 4.54. The van der Waals surface area contributed by atoms with Crippen molar-refractivity contribution in [1.82, 2.24) is 0 Å². The Balaban J connectivity index is 1.81. The van der Waals surface area contributed by atoms with Crippen molar-refractivity contribution >= 4 is 24.0 Å². The van der Waals surface area contributed by atoms with E-state index in [1.807, 2.05) is 19.1 Å². The van der Waals surface area contributed by atoms with Gasteiger partial charge in [0.2, 0.25) is 0 Å². The zero-order chi connectivity index (χ0) is 14.3. The van der Waals surface area contributed by atoms with E-state index in [-0.39, 0.29) is 12.8 Å². The lowest BCUT2D eigenvalue weighted by atomic mass is 9.48. The van der Waals surface area contributed by atoms with Crippen LogP contribution in [0.1, 0.15) is 18.4 Å². The predicted molar refractivity (Wildman–Crippen MR) is 71.6 cm³/mol. The Morgan fingerprint density at radius 1 is 1.45 bits per heavy atom. The van der Waals surface area contributed by atoms with Crippen LogP contribution in [0, 0.1) is 12.7 Å². The number of fused-ring (bicyclic) bond motifs is 1. The number of hydrogen-bond acceptors (Lipinski definition) is 5. The molecule has 0 spiro atoms. The summed E-state index contributed by atoms with van der Waals surface area (Å²) in [5.74, 6) is -0.510. The molecule has 2 heterocycles. The van der Waals surface area contributed by atoms with Crippen LogP contribution in [-0.2, 0) is 14.1 Å². The average Bonchev–Trinajstić information content (AvgIpc) is 2.84. The summed E-state index contributed by atoms with van der Waals surface area (Å²) in [5.41, 5.74) is 1.66. The van der Waals surface area contributed by atoms with Crippen LogP contribution in [0.15, 0.2) is 24.3 Å². The maximum Gasteiger partial charge on any atom is 0.590 e. The van der Waals surface area contributed by atoms with E-state index in [1.54, 1.807) is 12.1 Å². The number of benzene rings is 1. The van der Waals surface area contributed by atoms with Gasteiger partial charge in [-0.25, -0.2) is 0 Å². The predicted octanol–water partition coefficient (Wildman–Crippen LogP) is 1.35. The van der Waals surface area contributed by atoms with Crippen LogP contribution in [0.3, 0.4) is 0 Å². The Labute approximate surface area is 116 Å². The summed E-state index contributed by atoms with van der Waals surface area (Å²) in [5, 5.41) is 12.2. The van der Waals surface area contributed by atoms with E-state index in [0.29, 0.717) is 11.5 Å². The van der Waals surface area contributed by atoms with Gasteiger partial charge in [-0.2, -0.15) is 0 Å². The van der Waals surface area contributed by atoms with Gasteiger partial charge in [0.05, 0.1) is 6.42 Å². The maximum atomic E-state index is 12.4. The van der Waals surface area contributed by atoms with E-state index in [9.17, 15) is 14.7 Å². The molecule has 2 saturated heterocycles. The maximum absolute atomic E-state index is 12.4. The van der Waals surface area contributed by atoms with Crippen LogP contribution in [0.2, 0.25) is 0 Å². The first kappa shape index (κ1) is 13.0. The van der Waals surface area contributed by atoms with E-state index in [0.717, 1.165) is 5.56 Å². The molecule has 2 atom stereocenters. The Bertz CT molecular complexity index is 560. The quantitative estimate of drug-likeness (QED) is 0.628. The molecular formula is C13H14BNO5. The number of aryl methyl sites for hydroxylation is 1. The Hall–Kier alpha value is -1.99. The molecule has 2 unspecified atom stereocenters. The zero-order valence-corrected chi connectivity index (χ0v) is 11.0. The number of hydrogen-bond donors (Lipinski definition) is 2. The van der Waals surface area contributed by atoms with Gasteiger partial charge in [0, 0.05) is 5.69 Å². The largest absolute Gasteiger partial charge is 0.617 e.